The highest BCUT2D eigenvalue weighted by atomic mass is 15.1. The number of nitrogen functional groups attached to an aromatic ring is 1. The molecule has 0 spiro atoms. The van der Waals surface area contributed by atoms with Gasteiger partial charge in [0.05, 0.1) is 0 Å². The molecule has 1 aromatic carbocycles. The number of rotatable bonds is 5. The van der Waals surface area contributed by atoms with E-state index in [-0.39, 0.29) is 0 Å². The van der Waals surface area contributed by atoms with Crippen molar-refractivity contribution in [3.8, 4) is 0 Å². The largest absolute Gasteiger partial charge is 0.399 e. The van der Waals surface area contributed by atoms with E-state index in [1.165, 1.54) is 0 Å². The minimum absolute atomic E-state index is 0.804. The van der Waals surface area contributed by atoms with Crippen molar-refractivity contribution in [2.45, 2.75) is 6.92 Å². The predicted molar refractivity (Wildman–Crippen MR) is 62.5 cm³/mol. The first-order valence-electron chi connectivity index (χ1n) is 5.00. The first-order valence-corrected chi connectivity index (χ1v) is 5.00. The molecular weight excluding hydrogens is 174 g/mol. The Hall–Kier alpha value is -1.22. The standard InChI is InChI=1S/C11H19N3/c1-3-14(2)8-7-13-11-6-4-5-10(12)9-11/h4-6,9,13H,3,7-8,12H2,1-2H3. The van der Waals surface area contributed by atoms with Gasteiger partial charge in [-0.2, -0.15) is 0 Å². The van der Waals surface area contributed by atoms with Gasteiger partial charge in [0, 0.05) is 24.5 Å². The number of hydrogen-bond acceptors (Lipinski definition) is 3. The van der Waals surface area contributed by atoms with Crippen molar-refractivity contribution in [1.29, 1.82) is 0 Å². The summed E-state index contributed by atoms with van der Waals surface area (Å²) in [5.74, 6) is 0. The van der Waals surface area contributed by atoms with Gasteiger partial charge in [0.2, 0.25) is 0 Å². The van der Waals surface area contributed by atoms with E-state index in [0.717, 1.165) is 31.0 Å². The summed E-state index contributed by atoms with van der Waals surface area (Å²) in [6.45, 7) is 5.23. The van der Waals surface area contributed by atoms with Gasteiger partial charge in [-0.05, 0) is 31.8 Å². The van der Waals surface area contributed by atoms with Crippen molar-refractivity contribution < 1.29 is 0 Å². The van der Waals surface area contributed by atoms with Crippen molar-refractivity contribution in [3.05, 3.63) is 24.3 Å². The molecule has 0 aromatic heterocycles. The summed E-state index contributed by atoms with van der Waals surface area (Å²) in [5, 5.41) is 3.33. The maximum Gasteiger partial charge on any atom is 0.0361 e. The van der Waals surface area contributed by atoms with Gasteiger partial charge in [0.1, 0.15) is 0 Å². The van der Waals surface area contributed by atoms with E-state index < -0.39 is 0 Å². The molecule has 0 saturated heterocycles. The monoisotopic (exact) mass is 193 g/mol. The minimum atomic E-state index is 0.804. The van der Waals surface area contributed by atoms with Crippen LogP contribution in [0.5, 0.6) is 0 Å². The maximum absolute atomic E-state index is 5.67. The quantitative estimate of drug-likeness (QED) is 0.698. The lowest BCUT2D eigenvalue weighted by Crippen LogP contribution is -2.24. The van der Waals surface area contributed by atoms with Crippen LogP contribution in [0.2, 0.25) is 0 Å². The fourth-order valence-corrected chi connectivity index (χ4v) is 1.20. The highest BCUT2D eigenvalue weighted by molar-refractivity contribution is 5.53. The van der Waals surface area contributed by atoms with Gasteiger partial charge in [-0.15, -0.1) is 0 Å². The molecule has 0 aliphatic rings. The third-order valence-corrected chi connectivity index (χ3v) is 2.25. The zero-order valence-electron chi connectivity index (χ0n) is 8.96. The van der Waals surface area contributed by atoms with Gasteiger partial charge >= 0.3 is 0 Å². The zero-order chi connectivity index (χ0) is 10.4. The van der Waals surface area contributed by atoms with Crippen LogP contribution in [-0.2, 0) is 0 Å². The fourth-order valence-electron chi connectivity index (χ4n) is 1.20. The molecule has 3 N–H and O–H groups in total. The summed E-state index contributed by atoms with van der Waals surface area (Å²) in [6, 6.07) is 7.83. The molecule has 1 aromatic rings. The molecule has 0 fully saturated rings. The maximum atomic E-state index is 5.67. The third kappa shape index (κ3) is 3.66. The molecule has 0 bridgehead atoms. The summed E-state index contributed by atoms with van der Waals surface area (Å²) in [7, 11) is 2.11. The Labute approximate surface area is 85.9 Å². The Morgan fingerprint density at radius 1 is 1.43 bits per heavy atom. The van der Waals surface area contributed by atoms with E-state index >= 15 is 0 Å². The van der Waals surface area contributed by atoms with Gasteiger partial charge in [-0.25, -0.2) is 0 Å². The van der Waals surface area contributed by atoms with Crippen LogP contribution in [0.3, 0.4) is 0 Å². The van der Waals surface area contributed by atoms with Crippen LogP contribution in [0.25, 0.3) is 0 Å². The van der Waals surface area contributed by atoms with Crippen molar-refractivity contribution in [3.63, 3.8) is 0 Å². The van der Waals surface area contributed by atoms with E-state index in [4.69, 9.17) is 5.73 Å². The molecule has 3 heteroatoms. The first kappa shape index (κ1) is 10.9. The van der Waals surface area contributed by atoms with E-state index in [1.54, 1.807) is 0 Å². The smallest absolute Gasteiger partial charge is 0.0361 e. The molecule has 78 valence electrons. The summed E-state index contributed by atoms with van der Waals surface area (Å²) in [5.41, 5.74) is 7.56. The third-order valence-electron chi connectivity index (χ3n) is 2.25. The van der Waals surface area contributed by atoms with Crippen molar-refractivity contribution >= 4 is 11.4 Å². The van der Waals surface area contributed by atoms with Crippen LogP contribution < -0.4 is 11.1 Å². The van der Waals surface area contributed by atoms with Gasteiger partial charge < -0.3 is 16.0 Å². The zero-order valence-corrected chi connectivity index (χ0v) is 8.96. The molecule has 0 aliphatic heterocycles. The van der Waals surface area contributed by atoms with E-state index in [2.05, 4.69) is 24.2 Å². The Morgan fingerprint density at radius 3 is 2.86 bits per heavy atom. The number of likely N-dealkylation sites (N-methyl/N-ethyl adjacent to an activating group) is 1. The number of hydrogen-bond donors (Lipinski definition) is 2. The molecule has 14 heavy (non-hydrogen) atoms. The topological polar surface area (TPSA) is 41.3 Å². The molecule has 0 heterocycles. The molecule has 0 atom stereocenters. The predicted octanol–water partition coefficient (Wildman–Crippen LogP) is 1.63. The number of benzene rings is 1. The second kappa shape index (κ2) is 5.50. The van der Waals surface area contributed by atoms with Crippen LogP contribution in [-0.4, -0.2) is 31.6 Å². The second-order valence-corrected chi connectivity index (χ2v) is 3.45. The number of nitrogens with one attached hydrogen (secondary N) is 1. The molecular formula is C11H19N3. The van der Waals surface area contributed by atoms with E-state index in [0.29, 0.717) is 0 Å². The van der Waals surface area contributed by atoms with Crippen LogP contribution in [0.1, 0.15) is 6.92 Å². The molecule has 1 rings (SSSR count). The van der Waals surface area contributed by atoms with Gasteiger partial charge in [-0.3, -0.25) is 0 Å². The lowest BCUT2D eigenvalue weighted by molar-refractivity contribution is 0.367. The lowest BCUT2D eigenvalue weighted by atomic mass is 10.3. The van der Waals surface area contributed by atoms with Crippen LogP contribution in [0.15, 0.2) is 24.3 Å². The Bertz CT molecular complexity index is 273. The van der Waals surface area contributed by atoms with Crippen molar-refractivity contribution in [2.75, 3.05) is 37.7 Å². The van der Waals surface area contributed by atoms with E-state index in [1.807, 2.05) is 24.3 Å². The number of nitrogens with zero attached hydrogens (tertiary/aromatic N) is 1. The second-order valence-electron chi connectivity index (χ2n) is 3.45. The molecule has 0 radical (unpaired) electrons. The summed E-state index contributed by atoms with van der Waals surface area (Å²) >= 11 is 0. The average molecular weight is 193 g/mol. The van der Waals surface area contributed by atoms with Crippen LogP contribution in [0, 0.1) is 0 Å². The minimum Gasteiger partial charge on any atom is -0.399 e. The van der Waals surface area contributed by atoms with Crippen molar-refractivity contribution in [2.24, 2.45) is 0 Å². The molecule has 0 amide bonds. The summed E-state index contributed by atoms with van der Waals surface area (Å²) < 4.78 is 0. The Balaban J connectivity index is 2.31. The van der Waals surface area contributed by atoms with Gasteiger partial charge in [0.15, 0.2) is 0 Å². The number of nitrogens with two attached hydrogens (primary N) is 1. The molecule has 3 nitrogen and oxygen atoms in total. The van der Waals surface area contributed by atoms with Gasteiger partial charge in [-0.1, -0.05) is 13.0 Å². The summed E-state index contributed by atoms with van der Waals surface area (Å²) in [4.78, 5) is 2.26. The molecule has 0 unspecified atom stereocenters. The van der Waals surface area contributed by atoms with E-state index in [9.17, 15) is 0 Å². The number of anilines is 2. The lowest BCUT2D eigenvalue weighted by Gasteiger charge is -2.14. The highest BCUT2D eigenvalue weighted by Crippen LogP contribution is 2.10. The Morgan fingerprint density at radius 2 is 2.21 bits per heavy atom. The summed E-state index contributed by atoms with van der Waals surface area (Å²) in [6.07, 6.45) is 0. The van der Waals surface area contributed by atoms with Gasteiger partial charge in [0.25, 0.3) is 0 Å². The molecule has 0 saturated carbocycles. The van der Waals surface area contributed by atoms with Crippen LogP contribution in [0.4, 0.5) is 11.4 Å². The Kier molecular flexibility index (Phi) is 4.26. The molecule has 0 aliphatic carbocycles. The highest BCUT2D eigenvalue weighted by Gasteiger charge is 1.94. The normalized spacial score (nSPS) is 10.5. The fraction of sp³-hybridized carbons (Fsp3) is 0.455. The van der Waals surface area contributed by atoms with Crippen LogP contribution >= 0.6 is 0 Å². The van der Waals surface area contributed by atoms with Crippen molar-refractivity contribution in [1.82, 2.24) is 4.90 Å². The first-order chi connectivity index (χ1) is 6.72. The SMILES string of the molecule is CCN(C)CCNc1cccc(N)c1. The average Bonchev–Trinajstić information content (AvgIpc) is 2.17.